The van der Waals surface area contributed by atoms with E-state index in [2.05, 4.69) is 0 Å². The number of hydrogen-bond donors (Lipinski definition) is 1. The summed E-state index contributed by atoms with van der Waals surface area (Å²) in [5.41, 5.74) is 9.24. The number of ether oxygens (including phenoxy) is 1. The van der Waals surface area contributed by atoms with Gasteiger partial charge >= 0.3 is 0 Å². The highest BCUT2D eigenvalue weighted by atomic mass is 19.1. The van der Waals surface area contributed by atoms with Crippen LogP contribution in [0.2, 0.25) is 0 Å². The molecule has 0 heterocycles. The summed E-state index contributed by atoms with van der Waals surface area (Å²) in [5, 5.41) is 0. The van der Waals surface area contributed by atoms with E-state index in [1.807, 2.05) is 24.3 Å². The van der Waals surface area contributed by atoms with Crippen LogP contribution in [0.1, 0.15) is 17.2 Å². The lowest BCUT2D eigenvalue weighted by Gasteiger charge is -2.08. The lowest BCUT2D eigenvalue weighted by Crippen LogP contribution is -2.07. The zero-order valence-electron chi connectivity index (χ0n) is 9.41. The fourth-order valence-corrected chi connectivity index (χ4v) is 2.48. The Morgan fingerprint density at radius 1 is 1.06 bits per heavy atom. The minimum absolute atomic E-state index is 0.249. The standard InChI is InChI=1S/C14H12FNO/c1-17-11-7-3-5-9-13(11)12-8(14(9)16)4-2-6-10(12)15/h2-7,14H,16H2,1H3. The molecule has 1 unspecified atom stereocenters. The van der Waals surface area contributed by atoms with Gasteiger partial charge in [-0.3, -0.25) is 0 Å². The molecular weight excluding hydrogens is 217 g/mol. The van der Waals surface area contributed by atoms with E-state index in [1.54, 1.807) is 13.2 Å². The molecule has 3 heteroatoms. The summed E-state index contributed by atoms with van der Waals surface area (Å²) in [6.07, 6.45) is 0. The van der Waals surface area contributed by atoms with Gasteiger partial charge in [0.15, 0.2) is 0 Å². The minimum atomic E-state index is -0.272. The van der Waals surface area contributed by atoms with Crippen molar-refractivity contribution in [1.29, 1.82) is 0 Å². The van der Waals surface area contributed by atoms with Crippen molar-refractivity contribution in [2.75, 3.05) is 7.11 Å². The normalized spacial score (nSPS) is 16.5. The maximum Gasteiger partial charge on any atom is 0.131 e. The van der Waals surface area contributed by atoms with Gasteiger partial charge in [0.05, 0.1) is 13.2 Å². The van der Waals surface area contributed by atoms with E-state index in [9.17, 15) is 4.39 Å². The molecule has 1 atom stereocenters. The first-order valence-corrected chi connectivity index (χ1v) is 5.45. The molecule has 86 valence electrons. The summed E-state index contributed by atoms with van der Waals surface area (Å²) in [6, 6.07) is 10.4. The zero-order valence-corrected chi connectivity index (χ0v) is 9.41. The zero-order chi connectivity index (χ0) is 12.0. The van der Waals surface area contributed by atoms with Crippen molar-refractivity contribution < 1.29 is 9.13 Å². The SMILES string of the molecule is COc1cccc2c1-c1c(F)cccc1C2N. The fraction of sp³-hybridized carbons (Fsp3) is 0.143. The van der Waals surface area contributed by atoms with Crippen molar-refractivity contribution >= 4 is 0 Å². The quantitative estimate of drug-likeness (QED) is 0.816. The van der Waals surface area contributed by atoms with E-state index < -0.39 is 0 Å². The van der Waals surface area contributed by atoms with Crippen LogP contribution in [-0.4, -0.2) is 7.11 Å². The average Bonchev–Trinajstić information content (AvgIpc) is 2.65. The van der Waals surface area contributed by atoms with Crippen LogP contribution in [0.15, 0.2) is 36.4 Å². The van der Waals surface area contributed by atoms with Gasteiger partial charge in [-0.25, -0.2) is 4.39 Å². The van der Waals surface area contributed by atoms with E-state index in [4.69, 9.17) is 10.5 Å². The Morgan fingerprint density at radius 3 is 2.41 bits per heavy atom. The smallest absolute Gasteiger partial charge is 0.131 e. The Hall–Kier alpha value is -1.87. The Morgan fingerprint density at radius 2 is 1.71 bits per heavy atom. The molecule has 0 aliphatic heterocycles. The number of fused-ring (bicyclic) bond motifs is 3. The predicted molar refractivity (Wildman–Crippen MR) is 64.4 cm³/mol. The molecule has 0 amide bonds. The number of benzene rings is 2. The van der Waals surface area contributed by atoms with E-state index in [-0.39, 0.29) is 11.9 Å². The molecule has 0 saturated heterocycles. The monoisotopic (exact) mass is 229 g/mol. The van der Waals surface area contributed by atoms with Crippen LogP contribution >= 0.6 is 0 Å². The molecule has 2 N–H and O–H groups in total. The Labute approximate surface area is 98.8 Å². The van der Waals surface area contributed by atoms with Crippen LogP contribution in [0, 0.1) is 5.82 Å². The molecule has 2 aromatic carbocycles. The molecule has 0 aromatic heterocycles. The van der Waals surface area contributed by atoms with Gasteiger partial charge in [0.2, 0.25) is 0 Å². The van der Waals surface area contributed by atoms with Crippen molar-refractivity contribution in [1.82, 2.24) is 0 Å². The van der Waals surface area contributed by atoms with Gasteiger partial charge in [-0.2, -0.15) is 0 Å². The lowest BCUT2D eigenvalue weighted by atomic mass is 10.0. The van der Waals surface area contributed by atoms with Crippen LogP contribution in [-0.2, 0) is 0 Å². The van der Waals surface area contributed by atoms with Crippen molar-refractivity contribution in [2.45, 2.75) is 6.04 Å². The van der Waals surface area contributed by atoms with Crippen LogP contribution in [0.5, 0.6) is 5.75 Å². The molecule has 1 aliphatic carbocycles. The first-order chi connectivity index (χ1) is 8.24. The van der Waals surface area contributed by atoms with E-state index in [0.717, 1.165) is 16.7 Å². The lowest BCUT2D eigenvalue weighted by molar-refractivity contribution is 0.416. The summed E-state index contributed by atoms with van der Waals surface area (Å²) < 4.78 is 19.2. The first kappa shape index (κ1) is 10.3. The second-order valence-electron chi connectivity index (χ2n) is 4.11. The highest BCUT2D eigenvalue weighted by molar-refractivity contribution is 5.83. The number of rotatable bonds is 1. The van der Waals surface area contributed by atoms with Crippen molar-refractivity contribution in [3.8, 4) is 16.9 Å². The average molecular weight is 229 g/mol. The minimum Gasteiger partial charge on any atom is -0.496 e. The molecule has 3 rings (SSSR count). The molecule has 17 heavy (non-hydrogen) atoms. The Kier molecular flexibility index (Phi) is 2.16. The third-order valence-corrected chi connectivity index (χ3v) is 3.24. The summed E-state index contributed by atoms with van der Waals surface area (Å²) in [6.45, 7) is 0. The van der Waals surface area contributed by atoms with Crippen LogP contribution in [0.4, 0.5) is 4.39 Å². The Bertz CT molecular complexity index is 595. The molecular formula is C14H12FNO. The molecule has 0 fully saturated rings. The summed E-state index contributed by atoms with van der Waals surface area (Å²) in [4.78, 5) is 0. The van der Waals surface area contributed by atoms with Gasteiger partial charge in [-0.05, 0) is 23.3 Å². The third kappa shape index (κ3) is 1.29. The van der Waals surface area contributed by atoms with E-state index >= 15 is 0 Å². The van der Waals surface area contributed by atoms with Gasteiger partial charge in [0.25, 0.3) is 0 Å². The Balaban J connectivity index is 2.39. The molecule has 1 aliphatic rings. The van der Waals surface area contributed by atoms with Gasteiger partial charge in [-0.15, -0.1) is 0 Å². The maximum atomic E-state index is 13.9. The molecule has 0 radical (unpaired) electrons. The molecule has 2 nitrogen and oxygen atoms in total. The van der Waals surface area contributed by atoms with Crippen molar-refractivity contribution in [3.05, 3.63) is 53.3 Å². The topological polar surface area (TPSA) is 35.2 Å². The van der Waals surface area contributed by atoms with E-state index in [0.29, 0.717) is 11.3 Å². The van der Waals surface area contributed by atoms with Gasteiger partial charge in [0, 0.05) is 11.1 Å². The number of nitrogens with two attached hydrogens (primary N) is 1. The second kappa shape index (κ2) is 3.57. The maximum absolute atomic E-state index is 13.9. The molecule has 0 spiro atoms. The van der Waals surface area contributed by atoms with Crippen LogP contribution < -0.4 is 10.5 Å². The fourth-order valence-electron chi connectivity index (χ4n) is 2.48. The summed E-state index contributed by atoms with van der Waals surface area (Å²) in [7, 11) is 1.58. The summed E-state index contributed by atoms with van der Waals surface area (Å²) in [5.74, 6) is 0.419. The highest BCUT2D eigenvalue weighted by Crippen LogP contribution is 2.47. The molecule has 0 saturated carbocycles. The van der Waals surface area contributed by atoms with Crippen LogP contribution in [0.25, 0.3) is 11.1 Å². The summed E-state index contributed by atoms with van der Waals surface area (Å²) >= 11 is 0. The highest BCUT2D eigenvalue weighted by Gasteiger charge is 2.30. The predicted octanol–water partition coefficient (Wildman–Crippen LogP) is 2.86. The van der Waals surface area contributed by atoms with Crippen molar-refractivity contribution in [2.24, 2.45) is 5.73 Å². The van der Waals surface area contributed by atoms with Crippen LogP contribution in [0.3, 0.4) is 0 Å². The van der Waals surface area contributed by atoms with Gasteiger partial charge in [-0.1, -0.05) is 24.3 Å². The molecule has 2 aromatic rings. The number of methoxy groups -OCH3 is 1. The third-order valence-electron chi connectivity index (χ3n) is 3.24. The second-order valence-corrected chi connectivity index (χ2v) is 4.11. The number of hydrogen-bond acceptors (Lipinski definition) is 2. The first-order valence-electron chi connectivity index (χ1n) is 5.45. The molecule has 0 bridgehead atoms. The number of halogens is 1. The van der Waals surface area contributed by atoms with Gasteiger partial charge < -0.3 is 10.5 Å². The largest absolute Gasteiger partial charge is 0.496 e. The van der Waals surface area contributed by atoms with Gasteiger partial charge in [0.1, 0.15) is 11.6 Å². The van der Waals surface area contributed by atoms with E-state index in [1.165, 1.54) is 6.07 Å². The van der Waals surface area contributed by atoms with Crippen molar-refractivity contribution in [3.63, 3.8) is 0 Å².